The molecule has 0 unspecified atom stereocenters. The number of hydrogen-bond donors (Lipinski definition) is 1. The van der Waals surface area contributed by atoms with Gasteiger partial charge >= 0.3 is 0 Å². The van der Waals surface area contributed by atoms with Crippen molar-refractivity contribution in [3.8, 4) is 0 Å². The lowest BCUT2D eigenvalue weighted by atomic mass is 9.75. The van der Waals surface area contributed by atoms with Gasteiger partial charge in [0.1, 0.15) is 5.69 Å². The quantitative estimate of drug-likeness (QED) is 0.931. The number of hydrogen-bond acceptors (Lipinski definition) is 3. The van der Waals surface area contributed by atoms with Gasteiger partial charge in [0.05, 0.1) is 11.4 Å². The summed E-state index contributed by atoms with van der Waals surface area (Å²) in [5, 5.41) is 4.34. The van der Waals surface area contributed by atoms with Crippen LogP contribution in [0.2, 0.25) is 0 Å². The molecule has 0 aromatic carbocycles. The zero-order valence-corrected chi connectivity index (χ0v) is 13.9. The molecule has 1 heterocycles. The van der Waals surface area contributed by atoms with Crippen LogP contribution < -0.4 is 5.73 Å². The Morgan fingerprint density at radius 1 is 1.43 bits per heavy atom. The Kier molecular flexibility index (Phi) is 4.30. The summed E-state index contributed by atoms with van der Waals surface area (Å²) >= 11 is 0. The summed E-state index contributed by atoms with van der Waals surface area (Å²) in [6.45, 7) is 6.61. The Morgan fingerprint density at radius 3 is 2.48 bits per heavy atom. The van der Waals surface area contributed by atoms with Crippen molar-refractivity contribution in [2.24, 2.45) is 12.5 Å². The summed E-state index contributed by atoms with van der Waals surface area (Å²) in [7, 11) is 3.68. The fourth-order valence-corrected chi connectivity index (χ4v) is 3.21. The number of aryl methyl sites for hydroxylation is 2. The number of carbonyl (C=O) groups is 1. The molecule has 1 aliphatic rings. The van der Waals surface area contributed by atoms with Crippen LogP contribution in [0.4, 0.5) is 5.69 Å². The number of nitrogens with zero attached hydrogens (tertiary/aromatic N) is 3. The van der Waals surface area contributed by atoms with Crippen molar-refractivity contribution < 1.29 is 4.79 Å². The Morgan fingerprint density at radius 2 is 2.00 bits per heavy atom. The fourth-order valence-electron chi connectivity index (χ4n) is 3.21. The Hall–Kier alpha value is -1.52. The van der Waals surface area contributed by atoms with E-state index >= 15 is 0 Å². The van der Waals surface area contributed by atoms with Gasteiger partial charge in [-0.15, -0.1) is 0 Å². The molecule has 1 fully saturated rings. The standard InChI is InChI=1S/C16H28N4O/c1-6-12-13(17)14(20(5)18-12)15(21)19(4)11-7-9-16(2,3)10-8-11/h11H,6-10,17H2,1-5H3. The third-order valence-electron chi connectivity index (χ3n) is 4.87. The summed E-state index contributed by atoms with van der Waals surface area (Å²) in [5.74, 6) is -0.00749. The van der Waals surface area contributed by atoms with Crippen molar-refractivity contribution in [1.29, 1.82) is 0 Å². The summed E-state index contributed by atoms with van der Waals surface area (Å²) in [5.41, 5.74) is 8.37. The van der Waals surface area contributed by atoms with E-state index < -0.39 is 0 Å². The van der Waals surface area contributed by atoms with Crippen LogP contribution in [0.3, 0.4) is 0 Å². The van der Waals surface area contributed by atoms with Crippen molar-refractivity contribution >= 4 is 11.6 Å². The second-order valence-corrected chi connectivity index (χ2v) is 7.00. The molecular formula is C16H28N4O. The number of anilines is 1. The van der Waals surface area contributed by atoms with Crippen molar-refractivity contribution in [3.05, 3.63) is 11.4 Å². The van der Waals surface area contributed by atoms with Gasteiger partial charge in [-0.3, -0.25) is 9.48 Å². The van der Waals surface area contributed by atoms with Gasteiger partial charge in [0, 0.05) is 20.1 Å². The number of amides is 1. The van der Waals surface area contributed by atoms with E-state index in [1.807, 2.05) is 18.9 Å². The highest BCUT2D eigenvalue weighted by Crippen LogP contribution is 2.37. The van der Waals surface area contributed by atoms with E-state index in [4.69, 9.17) is 5.73 Å². The van der Waals surface area contributed by atoms with Crippen LogP contribution in [-0.4, -0.2) is 33.7 Å². The Bertz CT molecular complexity index is 523. The number of nitrogen functional groups attached to an aromatic ring is 1. The fraction of sp³-hybridized carbons (Fsp3) is 0.750. The maximum absolute atomic E-state index is 12.8. The molecule has 118 valence electrons. The highest BCUT2D eigenvalue weighted by Gasteiger charge is 2.32. The first-order valence-electron chi connectivity index (χ1n) is 7.85. The van der Waals surface area contributed by atoms with Gasteiger partial charge in [0.25, 0.3) is 5.91 Å². The predicted octanol–water partition coefficient (Wildman–Crippen LogP) is 2.61. The number of rotatable bonds is 3. The zero-order chi connectivity index (χ0) is 15.8. The second kappa shape index (κ2) is 5.70. The third kappa shape index (κ3) is 3.06. The SMILES string of the molecule is CCc1nn(C)c(C(=O)N(C)C2CCC(C)(C)CC2)c1N. The van der Waals surface area contributed by atoms with E-state index in [2.05, 4.69) is 18.9 Å². The molecule has 1 amide bonds. The first-order valence-corrected chi connectivity index (χ1v) is 7.85. The second-order valence-electron chi connectivity index (χ2n) is 7.00. The van der Waals surface area contributed by atoms with Gasteiger partial charge in [-0.2, -0.15) is 5.10 Å². The van der Waals surface area contributed by atoms with Crippen LogP contribution in [0.15, 0.2) is 0 Å². The van der Waals surface area contributed by atoms with Crippen molar-refractivity contribution in [1.82, 2.24) is 14.7 Å². The minimum atomic E-state index is -0.00749. The lowest BCUT2D eigenvalue weighted by Gasteiger charge is -2.38. The van der Waals surface area contributed by atoms with Crippen molar-refractivity contribution in [2.45, 2.75) is 58.9 Å². The van der Waals surface area contributed by atoms with E-state index in [1.165, 1.54) is 0 Å². The molecule has 1 aromatic heterocycles. The molecule has 1 aliphatic carbocycles. The molecule has 0 atom stereocenters. The molecule has 0 bridgehead atoms. The average Bonchev–Trinajstić information content (AvgIpc) is 2.72. The third-order valence-corrected chi connectivity index (χ3v) is 4.87. The van der Waals surface area contributed by atoms with Crippen molar-refractivity contribution in [2.75, 3.05) is 12.8 Å². The van der Waals surface area contributed by atoms with Crippen LogP contribution >= 0.6 is 0 Å². The first-order chi connectivity index (χ1) is 9.76. The molecule has 1 aromatic rings. The van der Waals surface area contributed by atoms with Gasteiger partial charge in [0.2, 0.25) is 0 Å². The van der Waals surface area contributed by atoms with Crippen LogP contribution in [0.1, 0.15) is 62.6 Å². The van der Waals surface area contributed by atoms with E-state index in [0.717, 1.165) is 37.8 Å². The van der Waals surface area contributed by atoms with Gasteiger partial charge < -0.3 is 10.6 Å². The number of nitrogens with two attached hydrogens (primary N) is 1. The Balaban J connectivity index is 2.15. The summed E-state index contributed by atoms with van der Waals surface area (Å²) < 4.78 is 1.62. The van der Waals surface area contributed by atoms with Crippen LogP contribution in [-0.2, 0) is 13.5 Å². The first kappa shape index (κ1) is 15.9. The zero-order valence-electron chi connectivity index (χ0n) is 13.9. The number of aromatic nitrogens is 2. The molecular weight excluding hydrogens is 264 g/mol. The maximum atomic E-state index is 12.8. The molecule has 0 radical (unpaired) electrons. The summed E-state index contributed by atoms with van der Waals surface area (Å²) in [4.78, 5) is 14.6. The van der Waals surface area contributed by atoms with E-state index in [1.54, 1.807) is 11.7 Å². The van der Waals surface area contributed by atoms with Gasteiger partial charge in [0.15, 0.2) is 0 Å². The number of carbonyl (C=O) groups excluding carboxylic acids is 1. The maximum Gasteiger partial charge on any atom is 0.274 e. The van der Waals surface area contributed by atoms with Crippen LogP contribution in [0.5, 0.6) is 0 Å². The van der Waals surface area contributed by atoms with E-state index in [0.29, 0.717) is 22.8 Å². The molecule has 21 heavy (non-hydrogen) atoms. The molecule has 0 aliphatic heterocycles. The molecule has 1 saturated carbocycles. The average molecular weight is 292 g/mol. The van der Waals surface area contributed by atoms with Gasteiger partial charge in [-0.25, -0.2) is 0 Å². The molecule has 0 spiro atoms. The highest BCUT2D eigenvalue weighted by atomic mass is 16.2. The van der Waals surface area contributed by atoms with Crippen LogP contribution in [0, 0.1) is 5.41 Å². The molecule has 2 N–H and O–H groups in total. The van der Waals surface area contributed by atoms with Gasteiger partial charge in [-0.1, -0.05) is 20.8 Å². The topological polar surface area (TPSA) is 64.2 Å². The lowest BCUT2D eigenvalue weighted by Crippen LogP contribution is -2.41. The molecule has 5 heteroatoms. The minimum Gasteiger partial charge on any atom is -0.395 e. The summed E-state index contributed by atoms with van der Waals surface area (Å²) in [6, 6.07) is 0.310. The smallest absolute Gasteiger partial charge is 0.274 e. The minimum absolute atomic E-state index is 0.00749. The van der Waals surface area contributed by atoms with Crippen molar-refractivity contribution in [3.63, 3.8) is 0 Å². The van der Waals surface area contributed by atoms with E-state index in [9.17, 15) is 4.79 Å². The van der Waals surface area contributed by atoms with Gasteiger partial charge in [-0.05, 0) is 37.5 Å². The molecule has 0 saturated heterocycles. The lowest BCUT2D eigenvalue weighted by molar-refractivity contribution is 0.0625. The Labute approximate surface area is 127 Å². The largest absolute Gasteiger partial charge is 0.395 e. The van der Waals surface area contributed by atoms with E-state index in [-0.39, 0.29) is 5.91 Å². The monoisotopic (exact) mass is 292 g/mol. The highest BCUT2D eigenvalue weighted by molar-refractivity contribution is 5.98. The normalized spacial score (nSPS) is 18.7. The van der Waals surface area contributed by atoms with Crippen LogP contribution in [0.25, 0.3) is 0 Å². The molecule has 2 rings (SSSR count). The molecule has 5 nitrogen and oxygen atoms in total. The summed E-state index contributed by atoms with van der Waals surface area (Å²) in [6.07, 6.45) is 5.20. The predicted molar refractivity (Wildman–Crippen MR) is 85.1 cm³/mol.